The molecule has 2 aliphatic heterocycles. The molecule has 5 N–H and O–H groups in total. The Labute approximate surface area is 165 Å². The molecule has 0 saturated carbocycles. The van der Waals surface area contributed by atoms with Gasteiger partial charge in [0.1, 0.15) is 11.5 Å². The zero-order valence-electron chi connectivity index (χ0n) is 15.7. The standard InChI is InChI=1S/C17H21F3N4O2.CH2O2/c1-24-10-2-3-11(24)7-9(6-10)23-16(25)15(22)13-5-4-12(8-14(13)21)26-17(18,19)20;2-1-3/h4-5,8-11,22H,2-3,6-7,21H2,1H3,(H,23,25);1H,(H,2,3). The van der Waals surface area contributed by atoms with Crippen molar-refractivity contribution >= 4 is 23.8 Å². The minimum Gasteiger partial charge on any atom is -0.483 e. The van der Waals surface area contributed by atoms with Crippen LogP contribution in [-0.4, -0.2) is 59.6 Å². The molecule has 11 heteroatoms. The summed E-state index contributed by atoms with van der Waals surface area (Å²) in [5.74, 6) is -1.06. The lowest BCUT2D eigenvalue weighted by Crippen LogP contribution is -2.50. The summed E-state index contributed by atoms with van der Waals surface area (Å²) in [5, 5.41) is 17.8. The summed E-state index contributed by atoms with van der Waals surface area (Å²) in [6.45, 7) is -0.250. The Morgan fingerprint density at radius 3 is 2.38 bits per heavy atom. The van der Waals surface area contributed by atoms with Crippen molar-refractivity contribution < 1.29 is 32.6 Å². The molecule has 0 spiro atoms. The minimum absolute atomic E-state index is 0.00869. The fraction of sp³-hybridized carbons (Fsp3) is 0.500. The fourth-order valence-electron chi connectivity index (χ4n) is 3.87. The number of nitrogen functional groups attached to an aromatic ring is 1. The van der Waals surface area contributed by atoms with E-state index >= 15 is 0 Å². The number of benzene rings is 1. The van der Waals surface area contributed by atoms with Gasteiger partial charge in [0, 0.05) is 35.4 Å². The average Bonchev–Trinajstić information content (AvgIpc) is 2.82. The van der Waals surface area contributed by atoms with Crippen LogP contribution in [0.3, 0.4) is 0 Å². The Bertz CT molecular complexity index is 758. The molecule has 0 aromatic heterocycles. The molecule has 1 aromatic carbocycles. The normalized spacial score (nSPS) is 23.5. The third kappa shape index (κ3) is 5.83. The van der Waals surface area contributed by atoms with Gasteiger partial charge in [-0.2, -0.15) is 0 Å². The maximum absolute atomic E-state index is 12.4. The van der Waals surface area contributed by atoms with Crippen LogP contribution in [0.15, 0.2) is 18.2 Å². The highest BCUT2D eigenvalue weighted by atomic mass is 19.4. The van der Waals surface area contributed by atoms with Gasteiger partial charge in [-0.15, -0.1) is 13.2 Å². The van der Waals surface area contributed by atoms with Gasteiger partial charge >= 0.3 is 6.36 Å². The maximum Gasteiger partial charge on any atom is 0.573 e. The number of nitrogens with zero attached hydrogens (tertiary/aromatic N) is 1. The van der Waals surface area contributed by atoms with Crippen molar-refractivity contribution in [2.75, 3.05) is 12.8 Å². The lowest BCUT2D eigenvalue weighted by Gasteiger charge is -2.36. The van der Waals surface area contributed by atoms with Crippen LogP contribution in [0.25, 0.3) is 0 Å². The van der Waals surface area contributed by atoms with Crippen LogP contribution < -0.4 is 15.8 Å². The molecular weight excluding hydrogens is 393 g/mol. The number of rotatable bonds is 4. The van der Waals surface area contributed by atoms with E-state index in [9.17, 15) is 18.0 Å². The third-order valence-corrected chi connectivity index (χ3v) is 5.19. The van der Waals surface area contributed by atoms with E-state index in [-0.39, 0.29) is 29.5 Å². The largest absolute Gasteiger partial charge is 0.573 e. The number of ether oxygens (including phenoxy) is 1. The van der Waals surface area contributed by atoms with E-state index in [2.05, 4.69) is 22.0 Å². The number of hydrogen-bond donors (Lipinski definition) is 4. The number of piperidine rings is 1. The molecule has 0 radical (unpaired) electrons. The van der Waals surface area contributed by atoms with Crippen LogP contribution in [0.2, 0.25) is 0 Å². The maximum atomic E-state index is 12.4. The summed E-state index contributed by atoms with van der Waals surface area (Å²) in [6.07, 6.45) is -0.941. The molecule has 2 aliphatic rings. The first-order chi connectivity index (χ1) is 13.6. The summed E-state index contributed by atoms with van der Waals surface area (Å²) < 4.78 is 40.5. The summed E-state index contributed by atoms with van der Waals surface area (Å²) in [4.78, 5) is 23.1. The zero-order chi connectivity index (χ0) is 21.8. The Morgan fingerprint density at radius 2 is 1.90 bits per heavy atom. The van der Waals surface area contributed by atoms with Crippen molar-refractivity contribution in [1.82, 2.24) is 10.2 Å². The number of nitrogens with one attached hydrogen (secondary N) is 2. The first-order valence-corrected chi connectivity index (χ1v) is 8.90. The molecule has 0 aliphatic carbocycles. The topological polar surface area (TPSA) is 129 Å². The number of carbonyl (C=O) groups excluding carboxylic acids is 1. The smallest absolute Gasteiger partial charge is 0.483 e. The lowest BCUT2D eigenvalue weighted by molar-refractivity contribution is -0.274. The number of carbonyl (C=O) groups is 2. The number of alkyl halides is 3. The number of hydrogen-bond acceptors (Lipinski definition) is 6. The van der Waals surface area contributed by atoms with Gasteiger partial charge in [-0.1, -0.05) is 0 Å². The molecule has 3 rings (SSSR count). The van der Waals surface area contributed by atoms with Crippen molar-refractivity contribution in [3.8, 4) is 5.75 Å². The second kappa shape index (κ2) is 9.12. The Hall–Kier alpha value is -2.82. The van der Waals surface area contributed by atoms with Crippen molar-refractivity contribution in [1.29, 1.82) is 5.41 Å². The average molecular weight is 416 g/mol. The van der Waals surface area contributed by atoms with E-state index in [1.54, 1.807) is 0 Å². The molecule has 1 aromatic rings. The van der Waals surface area contributed by atoms with E-state index < -0.39 is 18.0 Å². The summed E-state index contributed by atoms with van der Waals surface area (Å²) >= 11 is 0. The highest BCUT2D eigenvalue weighted by molar-refractivity contribution is 6.45. The van der Waals surface area contributed by atoms with E-state index in [1.807, 2.05) is 0 Å². The number of halogens is 3. The summed E-state index contributed by atoms with van der Waals surface area (Å²) in [6, 6.07) is 4.06. The van der Waals surface area contributed by atoms with E-state index in [4.69, 9.17) is 21.0 Å². The second-order valence-electron chi connectivity index (χ2n) is 6.97. The first-order valence-electron chi connectivity index (χ1n) is 8.90. The third-order valence-electron chi connectivity index (χ3n) is 5.19. The first kappa shape index (κ1) is 22.5. The van der Waals surface area contributed by atoms with Crippen molar-refractivity contribution in [2.24, 2.45) is 0 Å². The molecule has 2 bridgehead atoms. The van der Waals surface area contributed by atoms with Gasteiger partial charge in [-0.05, 0) is 44.9 Å². The highest BCUT2D eigenvalue weighted by Gasteiger charge is 2.39. The van der Waals surface area contributed by atoms with Gasteiger partial charge < -0.3 is 25.8 Å². The quantitative estimate of drug-likeness (QED) is 0.338. The van der Waals surface area contributed by atoms with E-state index in [1.165, 1.54) is 6.07 Å². The van der Waals surface area contributed by atoms with Crippen LogP contribution in [0.1, 0.15) is 31.2 Å². The molecule has 2 unspecified atom stereocenters. The fourth-order valence-corrected chi connectivity index (χ4v) is 3.87. The number of carboxylic acid groups (broad SMARTS) is 1. The number of anilines is 1. The van der Waals surface area contributed by atoms with Crippen molar-refractivity contribution in [3.63, 3.8) is 0 Å². The van der Waals surface area contributed by atoms with E-state index in [0.717, 1.165) is 37.8 Å². The minimum atomic E-state index is -4.83. The molecule has 2 heterocycles. The Kier molecular flexibility index (Phi) is 7.07. The SMILES string of the molecule is CN1C2CCC1CC(NC(=O)C(=N)c1ccc(OC(F)(F)F)cc1N)C2.O=CO. The Balaban J connectivity index is 0.000000941. The van der Waals surface area contributed by atoms with Crippen LogP contribution >= 0.6 is 0 Å². The van der Waals surface area contributed by atoms with Crippen LogP contribution in [0.5, 0.6) is 5.75 Å². The van der Waals surface area contributed by atoms with E-state index in [0.29, 0.717) is 12.1 Å². The van der Waals surface area contributed by atoms with Gasteiger partial charge in [-0.3, -0.25) is 15.0 Å². The van der Waals surface area contributed by atoms with Crippen molar-refractivity contribution in [3.05, 3.63) is 23.8 Å². The van der Waals surface area contributed by atoms with Gasteiger partial charge in [0.15, 0.2) is 0 Å². The molecule has 29 heavy (non-hydrogen) atoms. The highest BCUT2D eigenvalue weighted by Crippen LogP contribution is 2.34. The number of nitrogens with two attached hydrogens (primary N) is 1. The monoisotopic (exact) mass is 416 g/mol. The van der Waals surface area contributed by atoms with Crippen LogP contribution in [0, 0.1) is 5.41 Å². The Morgan fingerprint density at radius 1 is 1.34 bits per heavy atom. The number of fused-ring (bicyclic) bond motifs is 2. The zero-order valence-corrected chi connectivity index (χ0v) is 15.7. The predicted molar refractivity (Wildman–Crippen MR) is 98.8 cm³/mol. The van der Waals surface area contributed by atoms with Crippen LogP contribution in [-0.2, 0) is 9.59 Å². The van der Waals surface area contributed by atoms with Crippen molar-refractivity contribution in [2.45, 2.75) is 50.2 Å². The second-order valence-corrected chi connectivity index (χ2v) is 6.97. The molecule has 1 amide bonds. The molecule has 2 saturated heterocycles. The molecule has 8 nitrogen and oxygen atoms in total. The van der Waals surface area contributed by atoms with Gasteiger partial charge in [-0.25, -0.2) is 0 Å². The molecule has 2 atom stereocenters. The summed E-state index contributed by atoms with van der Waals surface area (Å²) in [5.41, 5.74) is 5.30. The van der Waals surface area contributed by atoms with Crippen LogP contribution in [0.4, 0.5) is 18.9 Å². The predicted octanol–water partition coefficient (Wildman–Crippen LogP) is 1.98. The molecule has 2 fully saturated rings. The van der Waals surface area contributed by atoms with Gasteiger partial charge in [0.25, 0.3) is 12.4 Å². The van der Waals surface area contributed by atoms with Gasteiger partial charge in [0.05, 0.1) is 0 Å². The summed E-state index contributed by atoms with van der Waals surface area (Å²) in [7, 11) is 2.09. The lowest BCUT2D eigenvalue weighted by atomic mass is 9.97. The van der Waals surface area contributed by atoms with Gasteiger partial charge in [0.2, 0.25) is 0 Å². The molecular formula is C18H23F3N4O4. The molecule has 160 valence electrons. The number of amides is 1.